The van der Waals surface area contributed by atoms with Gasteiger partial charge in [0.25, 0.3) is 5.91 Å². The summed E-state index contributed by atoms with van der Waals surface area (Å²) in [5, 5.41) is 0. The minimum Gasteiger partial charge on any atom is -0.473 e. The number of ether oxygens (including phenoxy) is 2. The molecule has 0 N–H and O–H groups in total. The van der Waals surface area contributed by atoms with E-state index in [1.165, 1.54) is 0 Å². The molecule has 1 aliphatic heterocycles. The molecule has 7 heteroatoms. The van der Waals surface area contributed by atoms with Crippen molar-refractivity contribution < 1.29 is 23.5 Å². The van der Waals surface area contributed by atoms with E-state index in [0.29, 0.717) is 42.4 Å². The summed E-state index contributed by atoms with van der Waals surface area (Å²) in [7, 11) is 0. The summed E-state index contributed by atoms with van der Waals surface area (Å²) in [6.45, 7) is 6.04. The Balaban J connectivity index is 1.53. The summed E-state index contributed by atoms with van der Waals surface area (Å²) >= 11 is 0. The number of esters is 1. The lowest BCUT2D eigenvalue weighted by atomic mass is 10.0. The summed E-state index contributed by atoms with van der Waals surface area (Å²) in [6.07, 6.45) is 3.61. The van der Waals surface area contributed by atoms with Crippen LogP contribution in [0.3, 0.4) is 0 Å². The second-order valence-electron chi connectivity index (χ2n) is 8.27. The molecule has 0 bridgehead atoms. The van der Waals surface area contributed by atoms with Crippen LogP contribution in [-0.2, 0) is 16.0 Å². The number of aromatic nitrogens is 1. The highest BCUT2D eigenvalue weighted by Crippen LogP contribution is 2.31. The first-order valence-electron chi connectivity index (χ1n) is 9.70. The molecule has 0 aromatic carbocycles. The Hall–Kier alpha value is -2.44. The van der Waals surface area contributed by atoms with Gasteiger partial charge in [0.05, 0.1) is 17.6 Å². The average Bonchev–Trinajstić information content (AvgIpc) is 3.45. The van der Waals surface area contributed by atoms with E-state index in [9.17, 15) is 14.0 Å². The van der Waals surface area contributed by atoms with E-state index in [1.807, 2.05) is 4.90 Å². The average molecular weight is 390 g/mol. The molecule has 3 rings (SSSR count). The molecular formula is C21H27FN2O4. The lowest BCUT2D eigenvalue weighted by Crippen LogP contribution is -2.39. The molecule has 0 atom stereocenters. The number of hydrogen-bond acceptors (Lipinski definition) is 5. The molecule has 1 amide bonds. The van der Waals surface area contributed by atoms with Gasteiger partial charge in [-0.3, -0.25) is 9.59 Å². The van der Waals surface area contributed by atoms with Gasteiger partial charge in [-0.2, -0.15) is 0 Å². The van der Waals surface area contributed by atoms with E-state index in [4.69, 9.17) is 9.47 Å². The normalized spacial score (nSPS) is 17.4. The topological polar surface area (TPSA) is 68.7 Å². The van der Waals surface area contributed by atoms with Crippen LogP contribution in [0.2, 0.25) is 0 Å². The van der Waals surface area contributed by atoms with Crippen LogP contribution in [0.5, 0.6) is 5.88 Å². The Morgan fingerprint density at radius 3 is 2.71 bits per heavy atom. The standard InChI is InChI=1S/C21H27FN2O4/c1-21(2,3)28-19(25)9-4-14(12-22)13-27-18-8-7-16-17(23-18)10-11-24(20(16)26)15-5-6-15/h7-8,12,15H,4-6,9-11,13H2,1-3H3/b14-12+. The fraction of sp³-hybridized carbons (Fsp3) is 0.571. The second-order valence-corrected chi connectivity index (χ2v) is 8.27. The maximum absolute atomic E-state index is 13.1. The highest BCUT2D eigenvalue weighted by Gasteiger charge is 2.36. The quantitative estimate of drug-likeness (QED) is 0.666. The van der Waals surface area contributed by atoms with Gasteiger partial charge in [-0.1, -0.05) is 0 Å². The van der Waals surface area contributed by atoms with E-state index in [1.54, 1.807) is 32.9 Å². The Kier molecular flexibility index (Phi) is 6.01. The zero-order chi connectivity index (χ0) is 20.3. The zero-order valence-electron chi connectivity index (χ0n) is 16.7. The van der Waals surface area contributed by atoms with Crippen molar-refractivity contribution in [3.05, 3.63) is 35.3 Å². The monoisotopic (exact) mass is 390 g/mol. The van der Waals surface area contributed by atoms with Gasteiger partial charge in [0.1, 0.15) is 12.2 Å². The first-order valence-corrected chi connectivity index (χ1v) is 9.70. The smallest absolute Gasteiger partial charge is 0.306 e. The molecule has 2 heterocycles. The predicted octanol–water partition coefficient (Wildman–Crippen LogP) is 3.60. The first kappa shape index (κ1) is 20.3. The van der Waals surface area contributed by atoms with Gasteiger partial charge in [0.2, 0.25) is 5.88 Å². The Morgan fingerprint density at radius 2 is 2.07 bits per heavy atom. The van der Waals surface area contributed by atoms with Crippen molar-refractivity contribution in [1.29, 1.82) is 0 Å². The van der Waals surface area contributed by atoms with E-state index in [2.05, 4.69) is 4.98 Å². The molecule has 1 aromatic heterocycles. The van der Waals surface area contributed by atoms with Crippen molar-refractivity contribution >= 4 is 11.9 Å². The van der Waals surface area contributed by atoms with Gasteiger partial charge in [-0.15, -0.1) is 0 Å². The van der Waals surface area contributed by atoms with Crippen molar-refractivity contribution in [2.75, 3.05) is 13.2 Å². The third kappa shape index (κ3) is 5.30. The lowest BCUT2D eigenvalue weighted by molar-refractivity contribution is -0.154. The lowest BCUT2D eigenvalue weighted by Gasteiger charge is -2.28. The number of nitrogens with zero attached hydrogens (tertiary/aromatic N) is 2. The minimum atomic E-state index is -0.563. The van der Waals surface area contributed by atoms with E-state index in [0.717, 1.165) is 18.5 Å². The fourth-order valence-corrected chi connectivity index (χ4v) is 3.14. The van der Waals surface area contributed by atoms with Gasteiger partial charge in [-0.25, -0.2) is 9.37 Å². The Bertz CT molecular complexity index is 781. The summed E-state index contributed by atoms with van der Waals surface area (Å²) in [5.41, 5.74) is 1.13. The number of carbonyl (C=O) groups is 2. The molecule has 6 nitrogen and oxygen atoms in total. The minimum absolute atomic E-state index is 0.00672. The number of pyridine rings is 1. The van der Waals surface area contributed by atoms with Crippen molar-refractivity contribution in [3.63, 3.8) is 0 Å². The van der Waals surface area contributed by atoms with E-state index < -0.39 is 5.60 Å². The maximum Gasteiger partial charge on any atom is 0.306 e. The van der Waals surface area contributed by atoms with Crippen molar-refractivity contribution in [2.45, 2.75) is 64.5 Å². The van der Waals surface area contributed by atoms with E-state index >= 15 is 0 Å². The van der Waals surface area contributed by atoms with Gasteiger partial charge in [0.15, 0.2) is 0 Å². The molecule has 1 saturated carbocycles. The summed E-state index contributed by atoms with van der Waals surface area (Å²) in [6, 6.07) is 3.75. The first-order chi connectivity index (χ1) is 13.3. The molecule has 2 aliphatic rings. The molecule has 152 valence electrons. The highest BCUT2D eigenvalue weighted by molar-refractivity contribution is 5.96. The number of fused-ring (bicyclic) bond motifs is 1. The van der Waals surface area contributed by atoms with Crippen molar-refractivity contribution in [2.24, 2.45) is 0 Å². The number of amides is 1. The van der Waals surface area contributed by atoms with Crippen LogP contribution in [0.4, 0.5) is 4.39 Å². The highest BCUT2D eigenvalue weighted by atomic mass is 19.1. The molecule has 1 fully saturated rings. The molecule has 0 unspecified atom stereocenters. The van der Waals surface area contributed by atoms with Crippen molar-refractivity contribution in [1.82, 2.24) is 9.88 Å². The van der Waals surface area contributed by atoms with Crippen LogP contribution in [0.15, 0.2) is 24.0 Å². The molecule has 0 spiro atoms. The molecule has 0 saturated heterocycles. The summed E-state index contributed by atoms with van der Waals surface area (Å²) in [5.74, 6) is 0.00466. The third-order valence-corrected chi connectivity index (χ3v) is 4.65. The Morgan fingerprint density at radius 1 is 1.32 bits per heavy atom. The molecule has 1 aromatic rings. The van der Waals surface area contributed by atoms with Crippen LogP contribution in [0, 0.1) is 0 Å². The fourth-order valence-electron chi connectivity index (χ4n) is 3.14. The van der Waals surface area contributed by atoms with Crippen LogP contribution in [0.25, 0.3) is 0 Å². The molecular weight excluding hydrogens is 363 g/mol. The second kappa shape index (κ2) is 8.29. The van der Waals surface area contributed by atoms with Gasteiger partial charge >= 0.3 is 5.97 Å². The number of carbonyl (C=O) groups excluding carboxylic acids is 2. The molecule has 1 aliphatic carbocycles. The Labute approximate surface area is 164 Å². The summed E-state index contributed by atoms with van der Waals surface area (Å²) < 4.78 is 23.9. The van der Waals surface area contributed by atoms with Gasteiger partial charge in [0, 0.05) is 31.5 Å². The van der Waals surface area contributed by atoms with Crippen molar-refractivity contribution in [3.8, 4) is 5.88 Å². The predicted molar refractivity (Wildman–Crippen MR) is 102 cm³/mol. The summed E-state index contributed by atoms with van der Waals surface area (Å²) in [4.78, 5) is 30.6. The SMILES string of the molecule is CC(C)(C)OC(=O)CC/C(=C\F)COc1ccc2c(n1)CCN(C1CC1)C2=O. The van der Waals surface area contributed by atoms with Crippen LogP contribution in [0.1, 0.15) is 62.5 Å². The third-order valence-electron chi connectivity index (χ3n) is 4.65. The van der Waals surface area contributed by atoms with Crippen LogP contribution < -0.4 is 4.74 Å². The molecule has 0 radical (unpaired) electrons. The van der Waals surface area contributed by atoms with Crippen LogP contribution in [-0.4, -0.2) is 46.6 Å². The van der Waals surface area contributed by atoms with Crippen LogP contribution >= 0.6 is 0 Å². The maximum atomic E-state index is 13.1. The van der Waals surface area contributed by atoms with Gasteiger partial charge in [-0.05, 0) is 51.7 Å². The number of hydrogen-bond donors (Lipinski definition) is 0. The number of rotatable bonds is 7. The van der Waals surface area contributed by atoms with E-state index in [-0.39, 0.29) is 31.3 Å². The number of halogens is 1. The van der Waals surface area contributed by atoms with Gasteiger partial charge < -0.3 is 14.4 Å². The molecule has 28 heavy (non-hydrogen) atoms. The zero-order valence-corrected chi connectivity index (χ0v) is 16.7. The largest absolute Gasteiger partial charge is 0.473 e.